The van der Waals surface area contributed by atoms with Crippen molar-refractivity contribution in [3.05, 3.63) is 120 Å². The van der Waals surface area contributed by atoms with Gasteiger partial charge in [0.1, 0.15) is 29.4 Å². The zero-order valence-corrected chi connectivity index (χ0v) is 22.6. The first-order valence-corrected chi connectivity index (χ1v) is 13.3. The van der Waals surface area contributed by atoms with Crippen LogP contribution in [-0.4, -0.2) is 52.9 Å². The van der Waals surface area contributed by atoms with E-state index in [2.05, 4.69) is 60.4 Å². The lowest BCUT2D eigenvalue weighted by Gasteiger charge is -2.51. The van der Waals surface area contributed by atoms with Crippen LogP contribution in [0.25, 0.3) is 0 Å². The number of allylic oxidation sites excluding steroid dienone is 3. The number of ether oxygens (including phenoxy) is 3. The molecule has 0 N–H and O–H groups in total. The van der Waals surface area contributed by atoms with Gasteiger partial charge < -0.3 is 19.1 Å². The fraction of sp³-hybridized carbons (Fsp3) is 0.312. The van der Waals surface area contributed by atoms with Crippen molar-refractivity contribution in [2.24, 2.45) is 0 Å². The predicted octanol–water partition coefficient (Wildman–Crippen LogP) is 5.25. The summed E-state index contributed by atoms with van der Waals surface area (Å²) in [7, 11) is 0. The van der Waals surface area contributed by atoms with Gasteiger partial charge in [0.2, 0.25) is 0 Å². The van der Waals surface area contributed by atoms with Gasteiger partial charge in [-0.3, -0.25) is 9.69 Å². The summed E-state index contributed by atoms with van der Waals surface area (Å²) in [5.41, 5.74) is 2.68. The van der Waals surface area contributed by atoms with Gasteiger partial charge in [0, 0.05) is 37.5 Å². The molecule has 5 rings (SSSR count). The maximum Gasteiger partial charge on any atom is 0.328 e. The minimum Gasteiger partial charge on any atom is -0.484 e. The quantitative estimate of drug-likeness (QED) is 0.414. The second kappa shape index (κ2) is 11.3. The second-order valence-corrected chi connectivity index (χ2v) is 10.3. The molecule has 0 bridgehead atoms. The molecule has 3 aliphatic rings. The van der Waals surface area contributed by atoms with E-state index in [1.807, 2.05) is 12.1 Å². The van der Waals surface area contributed by atoms with Crippen molar-refractivity contribution in [2.45, 2.75) is 44.9 Å². The van der Waals surface area contributed by atoms with Crippen molar-refractivity contribution in [3.63, 3.8) is 0 Å². The van der Waals surface area contributed by atoms with Gasteiger partial charge in [-0.15, -0.1) is 0 Å². The Bertz CT molecular complexity index is 1280. The van der Waals surface area contributed by atoms with Crippen LogP contribution in [-0.2, 0) is 23.8 Å². The van der Waals surface area contributed by atoms with Gasteiger partial charge in [-0.05, 0) is 44.1 Å². The first-order valence-electron chi connectivity index (χ1n) is 13.3. The summed E-state index contributed by atoms with van der Waals surface area (Å²) in [6.45, 7) is 7.37. The Balaban J connectivity index is 1.36. The number of carbonyl (C=O) groups is 2. The highest BCUT2D eigenvalue weighted by atomic mass is 16.5. The van der Waals surface area contributed by atoms with Crippen LogP contribution < -0.4 is 0 Å². The molecule has 0 spiro atoms. The summed E-state index contributed by atoms with van der Waals surface area (Å²) >= 11 is 0. The van der Waals surface area contributed by atoms with E-state index >= 15 is 0 Å². The van der Waals surface area contributed by atoms with Gasteiger partial charge in [0.05, 0.1) is 12.6 Å². The van der Waals surface area contributed by atoms with E-state index in [1.165, 1.54) is 17.4 Å². The van der Waals surface area contributed by atoms with E-state index in [0.29, 0.717) is 36.8 Å². The maximum atomic E-state index is 12.4. The standard InChI is InChI=1S/C32H34N2O5/c1-4-37-31(36)23(2)33-17-18-38-29(20-33)27-19-26(35)15-16-28(27)39-32(3)21-34(22-32)30(24-11-7-5-8-12-24)25-13-9-6-10-14-25/h5-18,20,23,30H,4,19,21-22H2,1-3H3. The highest BCUT2D eigenvalue weighted by Gasteiger charge is 2.45. The van der Waals surface area contributed by atoms with Crippen molar-refractivity contribution in [3.8, 4) is 0 Å². The van der Waals surface area contributed by atoms with Crippen molar-refractivity contribution in [1.82, 2.24) is 9.80 Å². The van der Waals surface area contributed by atoms with Gasteiger partial charge in [0.15, 0.2) is 5.78 Å². The third-order valence-electron chi connectivity index (χ3n) is 7.16. The molecule has 202 valence electrons. The Morgan fingerprint density at radius 2 is 1.67 bits per heavy atom. The molecule has 7 heteroatoms. The zero-order chi connectivity index (χ0) is 27.4. The normalized spacial score (nSPS) is 19.3. The van der Waals surface area contributed by atoms with Crippen LogP contribution in [0.4, 0.5) is 0 Å². The Morgan fingerprint density at radius 3 is 2.28 bits per heavy atom. The summed E-state index contributed by atoms with van der Waals surface area (Å²) in [6.07, 6.45) is 8.34. The second-order valence-electron chi connectivity index (χ2n) is 10.3. The van der Waals surface area contributed by atoms with Crippen LogP contribution in [0.15, 0.2) is 109 Å². The molecule has 0 saturated carbocycles. The van der Waals surface area contributed by atoms with Crippen molar-refractivity contribution >= 4 is 11.8 Å². The van der Waals surface area contributed by atoms with E-state index in [-0.39, 0.29) is 24.2 Å². The van der Waals surface area contributed by atoms with Gasteiger partial charge in [0.25, 0.3) is 0 Å². The molecule has 39 heavy (non-hydrogen) atoms. The molecule has 1 atom stereocenters. The Hall–Kier alpha value is -4.10. The molecule has 0 radical (unpaired) electrons. The zero-order valence-electron chi connectivity index (χ0n) is 22.6. The van der Waals surface area contributed by atoms with E-state index in [0.717, 1.165) is 0 Å². The molecule has 2 aliphatic heterocycles. The summed E-state index contributed by atoms with van der Waals surface area (Å²) in [6, 6.07) is 20.6. The lowest BCUT2D eigenvalue weighted by molar-refractivity contribution is -0.147. The van der Waals surface area contributed by atoms with Gasteiger partial charge in [-0.1, -0.05) is 60.7 Å². The number of nitrogens with zero attached hydrogens (tertiary/aromatic N) is 2. The predicted molar refractivity (Wildman–Crippen MR) is 148 cm³/mol. The average molecular weight is 527 g/mol. The average Bonchev–Trinajstić information content (AvgIpc) is 2.94. The number of carbonyl (C=O) groups excluding carboxylic acids is 2. The molecule has 1 saturated heterocycles. The lowest BCUT2D eigenvalue weighted by Crippen LogP contribution is -2.62. The summed E-state index contributed by atoms with van der Waals surface area (Å²) < 4.78 is 17.6. The number of hydrogen-bond acceptors (Lipinski definition) is 7. The number of hydrogen-bond donors (Lipinski definition) is 0. The molecule has 1 unspecified atom stereocenters. The van der Waals surface area contributed by atoms with Crippen LogP contribution in [0.5, 0.6) is 0 Å². The number of rotatable bonds is 9. The summed E-state index contributed by atoms with van der Waals surface area (Å²) in [5, 5.41) is 0. The van der Waals surface area contributed by atoms with Crippen molar-refractivity contribution in [1.29, 1.82) is 0 Å². The molecule has 2 heterocycles. The first-order chi connectivity index (χ1) is 18.9. The van der Waals surface area contributed by atoms with Crippen LogP contribution in [0.3, 0.4) is 0 Å². The molecular formula is C32H34N2O5. The Labute approximate surface area is 229 Å². The largest absolute Gasteiger partial charge is 0.484 e. The third kappa shape index (κ3) is 5.83. The first kappa shape index (κ1) is 26.5. The molecular weight excluding hydrogens is 492 g/mol. The Kier molecular flexibility index (Phi) is 7.70. The SMILES string of the molecule is CCOC(=O)C(C)N1C=COC(C2=C(OC3(C)CN(C(c4ccccc4)c4ccccc4)C3)C=CC(=O)C2)=C1. The van der Waals surface area contributed by atoms with Gasteiger partial charge in [-0.2, -0.15) is 0 Å². The molecule has 2 aromatic rings. The monoisotopic (exact) mass is 526 g/mol. The van der Waals surface area contributed by atoms with Gasteiger partial charge >= 0.3 is 5.97 Å². The molecule has 0 aromatic heterocycles. The minimum absolute atomic E-state index is 0.0324. The van der Waals surface area contributed by atoms with E-state index in [1.54, 1.807) is 43.3 Å². The maximum absolute atomic E-state index is 12.4. The van der Waals surface area contributed by atoms with E-state index in [4.69, 9.17) is 14.2 Å². The molecule has 1 fully saturated rings. The topological polar surface area (TPSA) is 68.3 Å². The minimum atomic E-state index is -0.537. The number of benzene rings is 2. The lowest BCUT2D eigenvalue weighted by atomic mass is 9.88. The summed E-state index contributed by atoms with van der Waals surface area (Å²) in [4.78, 5) is 28.8. The van der Waals surface area contributed by atoms with Crippen LogP contribution in [0.2, 0.25) is 0 Å². The molecule has 0 amide bonds. The third-order valence-corrected chi connectivity index (χ3v) is 7.16. The number of ketones is 1. The Morgan fingerprint density at radius 1 is 1.03 bits per heavy atom. The number of likely N-dealkylation sites (tertiary alicyclic amines) is 1. The molecule has 1 aliphatic carbocycles. The van der Waals surface area contributed by atoms with Crippen LogP contribution in [0.1, 0.15) is 44.4 Å². The summed E-state index contributed by atoms with van der Waals surface area (Å²) in [5.74, 6) is 0.721. The van der Waals surface area contributed by atoms with Crippen molar-refractivity contribution < 1.29 is 23.8 Å². The van der Waals surface area contributed by atoms with Gasteiger partial charge in [-0.25, -0.2) is 4.79 Å². The molecule has 2 aromatic carbocycles. The van der Waals surface area contributed by atoms with Crippen LogP contribution >= 0.6 is 0 Å². The van der Waals surface area contributed by atoms with E-state index < -0.39 is 11.6 Å². The van der Waals surface area contributed by atoms with E-state index in [9.17, 15) is 9.59 Å². The fourth-order valence-electron chi connectivity index (χ4n) is 5.26. The van der Waals surface area contributed by atoms with Crippen molar-refractivity contribution in [2.75, 3.05) is 19.7 Å². The van der Waals surface area contributed by atoms with Crippen LogP contribution in [0, 0.1) is 0 Å². The smallest absolute Gasteiger partial charge is 0.328 e. The highest BCUT2D eigenvalue weighted by Crippen LogP contribution is 2.40. The molecule has 7 nitrogen and oxygen atoms in total. The number of esters is 1. The fourth-order valence-corrected chi connectivity index (χ4v) is 5.26. The highest BCUT2D eigenvalue weighted by molar-refractivity contribution is 5.94.